The van der Waals surface area contributed by atoms with Gasteiger partial charge in [-0.25, -0.2) is 13.4 Å². The number of nitrogens with zero attached hydrogens (tertiary/aromatic N) is 5. The molecule has 1 aliphatic rings. The van der Waals surface area contributed by atoms with Gasteiger partial charge in [-0.3, -0.25) is 4.68 Å². The van der Waals surface area contributed by atoms with E-state index in [-0.39, 0.29) is 10.9 Å². The standard InChI is InChI=1S/C20H25N5O2S/c1-3-23-15-19(13-22-23)28(26,27)24-11-7-10-18(14-24)25-16(2)12-21-20(25)17-8-5-4-6-9-17/h4-6,8-9,12-13,15,18H,3,7,10-11,14H2,1-2H3. The molecule has 7 nitrogen and oxygen atoms in total. The summed E-state index contributed by atoms with van der Waals surface area (Å²) in [6.07, 6.45) is 6.66. The van der Waals surface area contributed by atoms with E-state index in [2.05, 4.69) is 14.6 Å². The molecule has 1 fully saturated rings. The Kier molecular flexibility index (Phi) is 5.07. The topological polar surface area (TPSA) is 73.0 Å². The Bertz CT molecular complexity index is 1060. The third kappa shape index (κ3) is 3.38. The van der Waals surface area contributed by atoms with Crippen molar-refractivity contribution in [3.05, 3.63) is 54.6 Å². The van der Waals surface area contributed by atoms with Crippen LogP contribution in [0.25, 0.3) is 11.4 Å². The van der Waals surface area contributed by atoms with Crippen molar-refractivity contribution in [2.45, 2.75) is 44.2 Å². The molecule has 0 N–H and O–H groups in total. The molecule has 1 aromatic carbocycles. The minimum atomic E-state index is -3.55. The molecule has 1 unspecified atom stereocenters. The summed E-state index contributed by atoms with van der Waals surface area (Å²) in [4.78, 5) is 4.87. The number of benzene rings is 1. The summed E-state index contributed by atoms with van der Waals surface area (Å²) in [5.41, 5.74) is 2.08. The third-order valence-electron chi connectivity index (χ3n) is 5.31. The lowest BCUT2D eigenvalue weighted by Crippen LogP contribution is -2.40. The van der Waals surface area contributed by atoms with Crippen LogP contribution >= 0.6 is 0 Å². The lowest BCUT2D eigenvalue weighted by Gasteiger charge is -2.33. The van der Waals surface area contributed by atoms with Gasteiger partial charge in [0, 0.05) is 49.3 Å². The van der Waals surface area contributed by atoms with E-state index in [1.165, 1.54) is 6.20 Å². The summed E-state index contributed by atoms with van der Waals surface area (Å²) in [6.45, 7) is 5.58. The summed E-state index contributed by atoms with van der Waals surface area (Å²) in [6, 6.07) is 10.1. The first kappa shape index (κ1) is 18.9. The summed E-state index contributed by atoms with van der Waals surface area (Å²) >= 11 is 0. The zero-order chi connectivity index (χ0) is 19.7. The van der Waals surface area contributed by atoms with Gasteiger partial charge in [0.25, 0.3) is 0 Å². The Balaban J connectivity index is 1.64. The summed E-state index contributed by atoms with van der Waals surface area (Å²) in [5, 5.41) is 4.13. The fourth-order valence-electron chi connectivity index (χ4n) is 3.86. The van der Waals surface area contributed by atoms with Crippen molar-refractivity contribution in [2.24, 2.45) is 0 Å². The molecular formula is C20H25N5O2S. The van der Waals surface area contributed by atoms with Crippen molar-refractivity contribution in [3.8, 4) is 11.4 Å². The molecule has 0 radical (unpaired) electrons. The van der Waals surface area contributed by atoms with Gasteiger partial charge in [-0.2, -0.15) is 9.40 Å². The van der Waals surface area contributed by atoms with Gasteiger partial charge in [0.1, 0.15) is 10.7 Å². The molecule has 0 aliphatic carbocycles. The highest BCUT2D eigenvalue weighted by Gasteiger charge is 2.33. The summed E-state index contributed by atoms with van der Waals surface area (Å²) < 4.78 is 31.7. The van der Waals surface area contributed by atoms with E-state index in [1.807, 2.05) is 50.4 Å². The Morgan fingerprint density at radius 2 is 1.96 bits per heavy atom. The number of hydrogen-bond donors (Lipinski definition) is 0. The van der Waals surface area contributed by atoms with Gasteiger partial charge in [-0.15, -0.1) is 0 Å². The predicted molar refractivity (Wildman–Crippen MR) is 107 cm³/mol. The van der Waals surface area contributed by atoms with Gasteiger partial charge in [-0.1, -0.05) is 30.3 Å². The van der Waals surface area contributed by atoms with E-state index in [4.69, 9.17) is 0 Å². The maximum atomic E-state index is 13.1. The third-order valence-corrected chi connectivity index (χ3v) is 7.13. The van der Waals surface area contributed by atoms with Crippen LogP contribution in [0.5, 0.6) is 0 Å². The van der Waals surface area contributed by atoms with Crippen molar-refractivity contribution >= 4 is 10.0 Å². The SMILES string of the molecule is CCn1cc(S(=O)(=O)N2CCCC(n3c(C)cnc3-c3ccccc3)C2)cn1. The lowest BCUT2D eigenvalue weighted by molar-refractivity contribution is 0.266. The minimum absolute atomic E-state index is 0.0578. The number of aryl methyl sites for hydroxylation is 2. The van der Waals surface area contributed by atoms with Crippen molar-refractivity contribution in [1.29, 1.82) is 0 Å². The normalized spacial score (nSPS) is 18.4. The molecule has 0 amide bonds. The van der Waals surface area contributed by atoms with E-state index in [1.54, 1.807) is 15.2 Å². The zero-order valence-corrected chi connectivity index (χ0v) is 17.0. The lowest BCUT2D eigenvalue weighted by atomic mass is 10.1. The second kappa shape index (κ2) is 7.52. The smallest absolute Gasteiger partial charge is 0.246 e. The fourth-order valence-corrected chi connectivity index (χ4v) is 5.33. The first-order chi connectivity index (χ1) is 13.5. The Hall–Kier alpha value is -2.45. The average Bonchev–Trinajstić information content (AvgIpc) is 3.36. The van der Waals surface area contributed by atoms with E-state index in [9.17, 15) is 8.42 Å². The summed E-state index contributed by atoms with van der Waals surface area (Å²) in [5.74, 6) is 0.890. The molecule has 1 saturated heterocycles. The van der Waals surface area contributed by atoms with Crippen LogP contribution in [0.1, 0.15) is 31.5 Å². The Labute approximate surface area is 165 Å². The molecule has 3 heterocycles. The van der Waals surface area contributed by atoms with Crippen molar-refractivity contribution in [1.82, 2.24) is 23.6 Å². The number of aromatic nitrogens is 4. The molecule has 1 atom stereocenters. The van der Waals surface area contributed by atoms with Crippen molar-refractivity contribution in [2.75, 3.05) is 13.1 Å². The van der Waals surface area contributed by atoms with Crippen LogP contribution in [0.15, 0.2) is 53.8 Å². The van der Waals surface area contributed by atoms with Crippen LogP contribution in [-0.2, 0) is 16.6 Å². The molecule has 1 aliphatic heterocycles. The van der Waals surface area contributed by atoms with E-state index >= 15 is 0 Å². The van der Waals surface area contributed by atoms with Crippen LogP contribution in [0.2, 0.25) is 0 Å². The molecule has 2 aromatic heterocycles. The first-order valence-corrected chi connectivity index (χ1v) is 11.1. The van der Waals surface area contributed by atoms with Gasteiger partial charge in [0.05, 0.1) is 6.20 Å². The molecule has 8 heteroatoms. The van der Waals surface area contributed by atoms with Crippen LogP contribution in [-0.4, -0.2) is 45.1 Å². The molecule has 0 spiro atoms. The Morgan fingerprint density at radius 1 is 1.18 bits per heavy atom. The zero-order valence-electron chi connectivity index (χ0n) is 16.2. The highest BCUT2D eigenvalue weighted by Crippen LogP contribution is 2.31. The van der Waals surface area contributed by atoms with Gasteiger partial charge < -0.3 is 4.57 Å². The second-order valence-corrected chi connectivity index (χ2v) is 9.09. The van der Waals surface area contributed by atoms with Crippen LogP contribution in [0.4, 0.5) is 0 Å². The van der Waals surface area contributed by atoms with Crippen LogP contribution < -0.4 is 0 Å². The molecule has 148 valence electrons. The van der Waals surface area contributed by atoms with Crippen molar-refractivity contribution in [3.63, 3.8) is 0 Å². The van der Waals surface area contributed by atoms with Gasteiger partial charge >= 0.3 is 0 Å². The maximum absolute atomic E-state index is 13.1. The summed E-state index contributed by atoms with van der Waals surface area (Å²) in [7, 11) is -3.55. The number of imidazole rings is 1. The van der Waals surface area contributed by atoms with E-state index in [0.29, 0.717) is 19.6 Å². The predicted octanol–water partition coefficient (Wildman–Crippen LogP) is 3.10. The maximum Gasteiger partial charge on any atom is 0.246 e. The molecular weight excluding hydrogens is 374 g/mol. The highest BCUT2D eigenvalue weighted by molar-refractivity contribution is 7.89. The van der Waals surface area contributed by atoms with Gasteiger partial charge in [0.15, 0.2) is 0 Å². The molecule has 0 bridgehead atoms. The van der Waals surface area contributed by atoms with Crippen LogP contribution in [0, 0.1) is 6.92 Å². The highest BCUT2D eigenvalue weighted by atomic mass is 32.2. The second-order valence-electron chi connectivity index (χ2n) is 7.15. The number of sulfonamides is 1. The van der Waals surface area contributed by atoms with Crippen molar-refractivity contribution < 1.29 is 8.42 Å². The quantitative estimate of drug-likeness (QED) is 0.661. The molecule has 3 aromatic rings. The van der Waals surface area contributed by atoms with E-state index in [0.717, 1.165) is 29.9 Å². The first-order valence-electron chi connectivity index (χ1n) is 9.62. The van der Waals surface area contributed by atoms with Gasteiger partial charge in [-0.05, 0) is 26.7 Å². The number of piperidine rings is 1. The van der Waals surface area contributed by atoms with Gasteiger partial charge in [0.2, 0.25) is 10.0 Å². The largest absolute Gasteiger partial charge is 0.324 e. The molecule has 4 rings (SSSR count). The Morgan fingerprint density at radius 3 is 2.68 bits per heavy atom. The van der Waals surface area contributed by atoms with Crippen LogP contribution in [0.3, 0.4) is 0 Å². The molecule has 28 heavy (non-hydrogen) atoms. The molecule has 0 saturated carbocycles. The monoisotopic (exact) mass is 399 g/mol. The van der Waals surface area contributed by atoms with E-state index < -0.39 is 10.0 Å². The number of hydrogen-bond acceptors (Lipinski definition) is 4. The minimum Gasteiger partial charge on any atom is -0.324 e. The number of rotatable bonds is 5. The fraction of sp³-hybridized carbons (Fsp3) is 0.400. The average molecular weight is 400 g/mol.